The van der Waals surface area contributed by atoms with Gasteiger partial charge in [-0.3, -0.25) is 0 Å². The molecule has 0 amide bonds. The predicted octanol–water partition coefficient (Wildman–Crippen LogP) is 18.3. The Morgan fingerprint density at radius 2 is 0.948 bits per heavy atom. The molecule has 77 heavy (non-hydrogen) atoms. The lowest BCUT2D eigenvalue weighted by atomic mass is 9.33. The lowest BCUT2D eigenvalue weighted by Crippen LogP contribution is -2.61. The number of rotatable bonds is 5. The average molecular weight is 1010 g/mol. The van der Waals surface area contributed by atoms with E-state index in [-0.39, 0.29) is 39.2 Å². The molecule has 388 valence electrons. The molecule has 4 aliphatic rings. The number of hydrogen-bond donors (Lipinski definition) is 0. The summed E-state index contributed by atoms with van der Waals surface area (Å²) in [6.07, 6.45) is 3.45. The summed E-state index contributed by atoms with van der Waals surface area (Å²) in [6, 6.07) is 59.0. The van der Waals surface area contributed by atoms with Crippen LogP contribution in [0.5, 0.6) is 0 Å². The number of para-hydroxylation sites is 1. The Labute approximate surface area is 459 Å². The zero-order valence-corrected chi connectivity index (χ0v) is 48.4. The Bertz CT molecular complexity index is 3830. The molecule has 0 bridgehead atoms. The number of anilines is 9. The van der Waals surface area contributed by atoms with Gasteiger partial charge in [-0.05, 0) is 205 Å². The van der Waals surface area contributed by atoms with Gasteiger partial charge >= 0.3 is 0 Å². The van der Waals surface area contributed by atoms with Crippen LogP contribution in [0.4, 0.5) is 51.2 Å². The first-order valence-corrected chi connectivity index (χ1v) is 28.4. The number of benzene rings is 8. The summed E-state index contributed by atoms with van der Waals surface area (Å²) in [7, 11) is 0. The van der Waals surface area contributed by atoms with E-state index in [2.05, 4.69) is 270 Å². The molecule has 9 aromatic rings. The van der Waals surface area contributed by atoms with Gasteiger partial charge in [-0.15, -0.1) is 0 Å². The van der Waals surface area contributed by atoms with Crippen molar-refractivity contribution in [2.75, 3.05) is 14.7 Å². The van der Waals surface area contributed by atoms with Crippen LogP contribution in [0.3, 0.4) is 0 Å². The van der Waals surface area contributed by atoms with Crippen molar-refractivity contribution in [2.24, 2.45) is 0 Å². The lowest BCUT2D eigenvalue weighted by Gasteiger charge is -2.46. The number of fused-ring (bicyclic) bond motifs is 9. The maximum Gasteiger partial charge on any atom is 0.252 e. The largest absolute Gasteiger partial charge is 0.456 e. The highest BCUT2D eigenvalue weighted by atomic mass is 16.3. The van der Waals surface area contributed by atoms with Crippen LogP contribution in [0, 0.1) is 6.92 Å². The van der Waals surface area contributed by atoms with Crippen LogP contribution in [0.1, 0.15) is 155 Å². The zero-order chi connectivity index (χ0) is 54.1. The minimum Gasteiger partial charge on any atom is -0.456 e. The third-order valence-corrected chi connectivity index (χ3v) is 18.6. The van der Waals surface area contributed by atoms with Crippen molar-refractivity contribution in [1.29, 1.82) is 0 Å². The van der Waals surface area contributed by atoms with E-state index in [1.807, 2.05) is 0 Å². The molecule has 8 aromatic carbocycles. The van der Waals surface area contributed by atoms with E-state index < -0.39 is 0 Å². The summed E-state index contributed by atoms with van der Waals surface area (Å²) in [5, 5.41) is 2.24. The Hall–Kier alpha value is -6.98. The van der Waals surface area contributed by atoms with Crippen LogP contribution < -0.4 is 31.1 Å². The molecule has 0 fully saturated rings. The fraction of sp³-hybridized carbons (Fsp3) is 0.333. The highest BCUT2D eigenvalue weighted by molar-refractivity contribution is 7.00. The standard InChI is InChI=1S/C72H76BN3O/c1-44-36-62-66-63(37-44)76(50-28-31-54-55(39-50)70(10,11)35-34-69(54,8)9)61-42-57-56(71(12,13)43-72(57,14)15)41-59(61)73(66)58-32-29-51(40-60(58)75(62)49-30-33-65-53(38-49)52-18-16-17-19-64(52)77-65)74(47-24-20-45(21-25-47)67(2,3)4)48-26-22-46(23-27-48)68(5,6)7/h16-33,36-42H,34-35,43H2,1-15H3. The minimum absolute atomic E-state index is 0.0122. The highest BCUT2D eigenvalue weighted by Crippen LogP contribution is 2.55. The zero-order valence-electron chi connectivity index (χ0n) is 48.4. The van der Waals surface area contributed by atoms with Gasteiger partial charge in [0.15, 0.2) is 0 Å². The second kappa shape index (κ2) is 16.5. The first kappa shape index (κ1) is 49.6. The Morgan fingerprint density at radius 1 is 0.442 bits per heavy atom. The summed E-state index contributed by atoms with van der Waals surface area (Å²) in [5.41, 5.74) is 26.5. The van der Waals surface area contributed by atoms with E-state index >= 15 is 0 Å². The first-order valence-electron chi connectivity index (χ1n) is 28.4. The van der Waals surface area contributed by atoms with E-state index in [0.29, 0.717) is 0 Å². The van der Waals surface area contributed by atoms with Gasteiger partial charge in [-0.25, -0.2) is 0 Å². The lowest BCUT2D eigenvalue weighted by molar-refractivity contribution is 0.332. The molecule has 0 saturated heterocycles. The van der Waals surface area contributed by atoms with Crippen molar-refractivity contribution in [1.82, 2.24) is 0 Å². The fourth-order valence-corrected chi connectivity index (χ4v) is 14.5. The second-order valence-electron chi connectivity index (χ2n) is 28.2. The van der Waals surface area contributed by atoms with Crippen LogP contribution in [-0.4, -0.2) is 6.71 Å². The molecule has 3 heterocycles. The number of hydrogen-bond acceptors (Lipinski definition) is 4. The molecule has 0 saturated carbocycles. The molecule has 0 spiro atoms. The van der Waals surface area contributed by atoms with Gasteiger partial charge in [-0.2, -0.15) is 0 Å². The summed E-state index contributed by atoms with van der Waals surface area (Å²) >= 11 is 0. The molecule has 2 aliphatic carbocycles. The van der Waals surface area contributed by atoms with Gasteiger partial charge in [0.1, 0.15) is 11.2 Å². The first-order chi connectivity index (χ1) is 36.3. The quantitative estimate of drug-likeness (QED) is 0.160. The van der Waals surface area contributed by atoms with Crippen molar-refractivity contribution < 1.29 is 4.42 Å². The molecule has 13 rings (SSSR count). The summed E-state index contributed by atoms with van der Waals surface area (Å²) in [4.78, 5) is 7.73. The molecule has 0 atom stereocenters. The van der Waals surface area contributed by atoms with E-state index in [4.69, 9.17) is 4.42 Å². The molecular weight excluding hydrogens is 934 g/mol. The van der Waals surface area contributed by atoms with Crippen molar-refractivity contribution in [3.05, 3.63) is 191 Å². The Kier molecular flexibility index (Phi) is 10.6. The monoisotopic (exact) mass is 1010 g/mol. The Morgan fingerprint density at radius 3 is 1.56 bits per heavy atom. The summed E-state index contributed by atoms with van der Waals surface area (Å²) in [6.45, 7) is 35.7. The SMILES string of the molecule is Cc1cc2c3c(c1)N(c1ccc4c(c1)C(C)(C)CCC4(C)C)c1cc4c(cc1B3c1ccc(N(c3ccc(C(C)(C)C)cc3)c3ccc(C(C)(C)C)cc3)cc1N2c1ccc2oc3ccccc3c2c1)C(C)(C)CC4(C)C. The molecule has 2 aliphatic heterocycles. The van der Waals surface area contributed by atoms with Crippen molar-refractivity contribution in [3.8, 4) is 0 Å². The minimum atomic E-state index is -0.0333. The third-order valence-electron chi connectivity index (χ3n) is 18.6. The van der Waals surface area contributed by atoms with E-state index in [0.717, 1.165) is 57.5 Å². The van der Waals surface area contributed by atoms with Crippen LogP contribution in [0.15, 0.2) is 156 Å². The molecule has 0 unspecified atom stereocenters. The van der Waals surface area contributed by atoms with Crippen LogP contribution in [0.2, 0.25) is 0 Å². The third kappa shape index (κ3) is 7.75. The topological polar surface area (TPSA) is 22.9 Å². The van der Waals surface area contributed by atoms with Gasteiger partial charge in [0.05, 0.1) is 0 Å². The second-order valence-corrected chi connectivity index (χ2v) is 28.2. The molecule has 0 radical (unpaired) electrons. The highest BCUT2D eigenvalue weighted by Gasteiger charge is 2.49. The van der Waals surface area contributed by atoms with Crippen LogP contribution in [0.25, 0.3) is 21.9 Å². The molecule has 0 N–H and O–H groups in total. The molecule has 4 nitrogen and oxygen atoms in total. The predicted molar refractivity (Wildman–Crippen MR) is 331 cm³/mol. The maximum atomic E-state index is 6.53. The van der Waals surface area contributed by atoms with Crippen LogP contribution in [-0.2, 0) is 32.5 Å². The summed E-state index contributed by atoms with van der Waals surface area (Å²) < 4.78 is 6.53. The van der Waals surface area contributed by atoms with Crippen molar-refractivity contribution >= 4 is 96.2 Å². The van der Waals surface area contributed by atoms with Gasteiger partial charge in [0, 0.05) is 62.0 Å². The molecular formula is C72H76BN3O. The number of nitrogens with zero attached hydrogens (tertiary/aromatic N) is 3. The maximum absolute atomic E-state index is 6.53. The smallest absolute Gasteiger partial charge is 0.252 e. The van der Waals surface area contributed by atoms with Gasteiger partial charge in [0.25, 0.3) is 6.71 Å². The van der Waals surface area contributed by atoms with Gasteiger partial charge < -0.3 is 19.1 Å². The summed E-state index contributed by atoms with van der Waals surface area (Å²) in [5.74, 6) is 0. The molecule has 5 heteroatoms. The van der Waals surface area contributed by atoms with E-state index in [1.54, 1.807) is 0 Å². The fourth-order valence-electron chi connectivity index (χ4n) is 14.5. The average Bonchev–Trinajstić information content (AvgIpc) is 3.91. The molecule has 1 aromatic heterocycles. The van der Waals surface area contributed by atoms with Gasteiger partial charge in [-0.1, -0.05) is 158 Å². The van der Waals surface area contributed by atoms with Crippen LogP contribution >= 0.6 is 0 Å². The van der Waals surface area contributed by atoms with Crippen molar-refractivity contribution in [2.45, 2.75) is 156 Å². The van der Waals surface area contributed by atoms with Gasteiger partial charge in [0.2, 0.25) is 0 Å². The van der Waals surface area contributed by atoms with E-state index in [9.17, 15) is 0 Å². The van der Waals surface area contributed by atoms with Crippen molar-refractivity contribution in [3.63, 3.8) is 0 Å². The van der Waals surface area contributed by atoms with E-state index in [1.165, 1.54) is 90.2 Å². The number of furan rings is 1. The number of aryl methyl sites for hydroxylation is 1. The Balaban J connectivity index is 1.11. The normalized spacial score (nSPS) is 17.5.